The molecule has 2 rings (SSSR count). The summed E-state index contributed by atoms with van der Waals surface area (Å²) in [5, 5.41) is 3.31. The number of carbonyl (C=O) groups excluding carboxylic acids is 1. The maximum absolute atomic E-state index is 11.4. The van der Waals surface area contributed by atoms with E-state index in [1.54, 1.807) is 0 Å². The normalized spacial score (nSPS) is 18.8. The van der Waals surface area contributed by atoms with Crippen molar-refractivity contribution in [3.63, 3.8) is 0 Å². The van der Waals surface area contributed by atoms with Gasteiger partial charge in [-0.15, -0.1) is 0 Å². The maximum atomic E-state index is 11.4. The van der Waals surface area contributed by atoms with E-state index in [1.807, 2.05) is 25.1 Å². The van der Waals surface area contributed by atoms with Gasteiger partial charge in [0.1, 0.15) is 0 Å². The van der Waals surface area contributed by atoms with Gasteiger partial charge in [0.05, 0.1) is 13.2 Å². The van der Waals surface area contributed by atoms with Gasteiger partial charge in [-0.3, -0.25) is 4.79 Å². The third kappa shape index (κ3) is 3.93. The summed E-state index contributed by atoms with van der Waals surface area (Å²) in [7, 11) is 0. The molecule has 0 aliphatic heterocycles. The molecule has 1 aromatic rings. The fourth-order valence-corrected chi connectivity index (χ4v) is 2.46. The number of allylic oxidation sites excluding steroid dienone is 1. The molecule has 3 nitrogen and oxygen atoms in total. The first-order valence-corrected chi connectivity index (χ1v) is 6.95. The predicted octanol–water partition coefficient (Wildman–Crippen LogP) is 2.78. The van der Waals surface area contributed by atoms with Crippen molar-refractivity contribution < 1.29 is 9.53 Å². The molecule has 0 radical (unpaired) electrons. The second-order valence-electron chi connectivity index (χ2n) is 4.69. The average Bonchev–Trinajstić information content (AvgIpc) is 2.47. The zero-order chi connectivity index (χ0) is 13.5. The number of carbonyl (C=O) groups is 1. The highest BCUT2D eigenvalue weighted by molar-refractivity contribution is 5.74. The summed E-state index contributed by atoms with van der Waals surface area (Å²) in [4.78, 5) is 11.4. The minimum atomic E-state index is -0.180. The van der Waals surface area contributed by atoms with E-state index in [-0.39, 0.29) is 18.6 Å². The van der Waals surface area contributed by atoms with Crippen LogP contribution in [0, 0.1) is 0 Å². The van der Waals surface area contributed by atoms with Crippen LogP contribution in [0.2, 0.25) is 0 Å². The molecule has 0 saturated heterocycles. The molecule has 0 aromatic heterocycles. The zero-order valence-electron chi connectivity index (χ0n) is 11.4. The SMILES string of the molecule is CCOC(=O)CN[C@H]1CCCC=C1c1ccccc1. The van der Waals surface area contributed by atoms with Crippen molar-refractivity contribution >= 4 is 11.5 Å². The van der Waals surface area contributed by atoms with Crippen molar-refractivity contribution in [2.24, 2.45) is 0 Å². The number of esters is 1. The van der Waals surface area contributed by atoms with E-state index in [0.717, 1.165) is 19.3 Å². The molecule has 102 valence electrons. The van der Waals surface area contributed by atoms with Crippen LogP contribution < -0.4 is 5.32 Å². The predicted molar refractivity (Wildman–Crippen MR) is 76.7 cm³/mol. The van der Waals surface area contributed by atoms with Gasteiger partial charge in [0.25, 0.3) is 0 Å². The van der Waals surface area contributed by atoms with Crippen LogP contribution in [-0.2, 0) is 9.53 Å². The molecule has 0 spiro atoms. The molecule has 0 fully saturated rings. The number of rotatable bonds is 5. The quantitative estimate of drug-likeness (QED) is 0.826. The molecule has 0 saturated carbocycles. The second kappa shape index (κ2) is 7.10. The van der Waals surface area contributed by atoms with Crippen LogP contribution in [0.15, 0.2) is 36.4 Å². The van der Waals surface area contributed by atoms with Gasteiger partial charge in [-0.25, -0.2) is 0 Å². The fraction of sp³-hybridized carbons (Fsp3) is 0.438. The van der Waals surface area contributed by atoms with Gasteiger partial charge in [-0.1, -0.05) is 36.4 Å². The summed E-state index contributed by atoms with van der Waals surface area (Å²) < 4.78 is 4.95. The Morgan fingerprint density at radius 2 is 2.16 bits per heavy atom. The van der Waals surface area contributed by atoms with Gasteiger partial charge in [-0.2, -0.15) is 0 Å². The summed E-state index contributed by atoms with van der Waals surface area (Å²) in [5.74, 6) is -0.180. The van der Waals surface area contributed by atoms with Crippen molar-refractivity contribution in [1.29, 1.82) is 0 Å². The molecule has 3 heteroatoms. The molecule has 0 bridgehead atoms. The van der Waals surface area contributed by atoms with Crippen LogP contribution in [-0.4, -0.2) is 25.2 Å². The lowest BCUT2D eigenvalue weighted by atomic mass is 9.89. The minimum Gasteiger partial charge on any atom is -0.465 e. The van der Waals surface area contributed by atoms with E-state index in [9.17, 15) is 4.79 Å². The Hall–Kier alpha value is -1.61. The third-order valence-electron chi connectivity index (χ3n) is 3.34. The van der Waals surface area contributed by atoms with Crippen LogP contribution >= 0.6 is 0 Å². The number of benzene rings is 1. The van der Waals surface area contributed by atoms with Crippen LogP contribution in [0.5, 0.6) is 0 Å². The van der Waals surface area contributed by atoms with Crippen molar-refractivity contribution in [3.8, 4) is 0 Å². The van der Waals surface area contributed by atoms with Crippen LogP contribution in [0.25, 0.3) is 5.57 Å². The lowest BCUT2D eigenvalue weighted by Gasteiger charge is -2.25. The molecule has 0 heterocycles. The number of hydrogen-bond acceptors (Lipinski definition) is 3. The van der Waals surface area contributed by atoms with Gasteiger partial charge in [0, 0.05) is 6.04 Å². The first kappa shape index (κ1) is 13.8. The van der Waals surface area contributed by atoms with Crippen LogP contribution in [0.3, 0.4) is 0 Å². The smallest absolute Gasteiger partial charge is 0.319 e. The monoisotopic (exact) mass is 259 g/mol. The highest BCUT2D eigenvalue weighted by Crippen LogP contribution is 2.27. The number of hydrogen-bond donors (Lipinski definition) is 1. The van der Waals surface area contributed by atoms with Gasteiger partial charge in [-0.05, 0) is 37.3 Å². The van der Waals surface area contributed by atoms with E-state index in [1.165, 1.54) is 11.1 Å². The number of ether oxygens (including phenoxy) is 1. The standard InChI is InChI=1S/C16H21NO2/c1-2-19-16(18)12-17-15-11-7-6-10-14(15)13-8-4-3-5-9-13/h3-5,8-10,15,17H,2,6-7,11-12H2,1H3/t15-/m0/s1. The van der Waals surface area contributed by atoms with Gasteiger partial charge >= 0.3 is 5.97 Å². The highest BCUT2D eigenvalue weighted by atomic mass is 16.5. The molecule has 0 unspecified atom stereocenters. The second-order valence-corrected chi connectivity index (χ2v) is 4.69. The van der Waals surface area contributed by atoms with Gasteiger partial charge in [0.15, 0.2) is 0 Å². The Balaban J connectivity index is 2.01. The Morgan fingerprint density at radius 3 is 2.89 bits per heavy atom. The van der Waals surface area contributed by atoms with Crippen LogP contribution in [0.1, 0.15) is 31.7 Å². The molecule has 0 amide bonds. The van der Waals surface area contributed by atoms with Gasteiger partial charge in [0.2, 0.25) is 0 Å². The first-order valence-electron chi connectivity index (χ1n) is 6.95. The third-order valence-corrected chi connectivity index (χ3v) is 3.34. The minimum absolute atomic E-state index is 0.180. The molecule has 1 aromatic carbocycles. The Labute approximate surface area is 114 Å². The molecular weight excluding hydrogens is 238 g/mol. The van der Waals surface area contributed by atoms with E-state index in [2.05, 4.69) is 23.5 Å². The summed E-state index contributed by atoms with van der Waals surface area (Å²) in [5.41, 5.74) is 2.54. The Bertz CT molecular complexity index is 439. The summed E-state index contributed by atoms with van der Waals surface area (Å²) in [6.07, 6.45) is 5.63. The maximum Gasteiger partial charge on any atom is 0.319 e. The van der Waals surface area contributed by atoms with E-state index in [4.69, 9.17) is 4.74 Å². The van der Waals surface area contributed by atoms with Gasteiger partial charge < -0.3 is 10.1 Å². The Morgan fingerprint density at radius 1 is 1.37 bits per heavy atom. The first-order chi connectivity index (χ1) is 9.31. The lowest BCUT2D eigenvalue weighted by molar-refractivity contribution is -0.142. The molecule has 1 aliphatic carbocycles. The van der Waals surface area contributed by atoms with Crippen molar-refractivity contribution in [2.75, 3.05) is 13.2 Å². The summed E-state index contributed by atoms with van der Waals surface area (Å²) in [6.45, 7) is 2.54. The highest BCUT2D eigenvalue weighted by Gasteiger charge is 2.19. The molecule has 1 aliphatic rings. The van der Waals surface area contributed by atoms with E-state index >= 15 is 0 Å². The van der Waals surface area contributed by atoms with Crippen LogP contribution in [0.4, 0.5) is 0 Å². The summed E-state index contributed by atoms with van der Waals surface area (Å²) in [6, 6.07) is 10.6. The lowest BCUT2D eigenvalue weighted by Crippen LogP contribution is -2.36. The van der Waals surface area contributed by atoms with Crippen molar-refractivity contribution in [3.05, 3.63) is 42.0 Å². The fourth-order valence-electron chi connectivity index (χ4n) is 2.46. The molecule has 1 N–H and O–H groups in total. The summed E-state index contributed by atoms with van der Waals surface area (Å²) >= 11 is 0. The average molecular weight is 259 g/mol. The van der Waals surface area contributed by atoms with E-state index in [0.29, 0.717) is 6.61 Å². The molecular formula is C16H21NO2. The van der Waals surface area contributed by atoms with Crippen molar-refractivity contribution in [1.82, 2.24) is 5.32 Å². The van der Waals surface area contributed by atoms with E-state index < -0.39 is 0 Å². The Kier molecular flexibility index (Phi) is 5.16. The largest absolute Gasteiger partial charge is 0.465 e. The zero-order valence-corrected chi connectivity index (χ0v) is 11.4. The molecule has 1 atom stereocenters. The van der Waals surface area contributed by atoms with Crippen molar-refractivity contribution in [2.45, 2.75) is 32.2 Å². The number of nitrogens with one attached hydrogen (secondary N) is 1. The molecule has 19 heavy (non-hydrogen) atoms. The topological polar surface area (TPSA) is 38.3 Å².